The number of carboxylic acid groups (broad SMARTS) is 2. The zero-order chi connectivity index (χ0) is 28.4. The molecule has 0 heterocycles. The topological polar surface area (TPSA) is 147 Å². The molecule has 8 heteroatoms. The van der Waals surface area contributed by atoms with Gasteiger partial charge in [0.05, 0.1) is 5.92 Å². The van der Waals surface area contributed by atoms with Gasteiger partial charge in [-0.25, -0.2) is 0 Å². The van der Waals surface area contributed by atoms with E-state index in [4.69, 9.17) is 15.9 Å². The highest BCUT2D eigenvalue weighted by Crippen LogP contribution is 2.17. The molecule has 0 spiro atoms. The van der Waals surface area contributed by atoms with E-state index in [-0.39, 0.29) is 29.9 Å². The zero-order valence-corrected chi connectivity index (χ0v) is 24.0. The van der Waals surface area contributed by atoms with E-state index in [0.717, 1.165) is 64.2 Å². The van der Waals surface area contributed by atoms with Crippen LogP contribution in [0.3, 0.4) is 0 Å². The van der Waals surface area contributed by atoms with Crippen molar-refractivity contribution in [3.8, 4) is 0 Å². The van der Waals surface area contributed by atoms with Crippen molar-refractivity contribution in [1.29, 1.82) is 0 Å². The van der Waals surface area contributed by atoms with Crippen molar-refractivity contribution in [3.05, 3.63) is 0 Å². The van der Waals surface area contributed by atoms with Crippen LogP contribution in [0.25, 0.3) is 0 Å². The highest BCUT2D eigenvalue weighted by molar-refractivity contribution is 5.86. The largest absolute Gasteiger partial charge is 0.481 e. The van der Waals surface area contributed by atoms with Crippen LogP contribution in [0.5, 0.6) is 0 Å². The van der Waals surface area contributed by atoms with E-state index in [2.05, 4.69) is 5.32 Å². The van der Waals surface area contributed by atoms with Crippen molar-refractivity contribution in [1.82, 2.24) is 5.32 Å². The van der Waals surface area contributed by atoms with E-state index in [0.29, 0.717) is 38.8 Å². The SMILES string of the molecule is C[C@@H](CCCCNC(=O)[C@H](CCCCN)CC(=O)CCCCCCCCCCCCCCC(=O)O)C(=O)O. The number of nitrogens with one attached hydrogen (secondary N) is 1. The van der Waals surface area contributed by atoms with Crippen LogP contribution in [0.1, 0.15) is 142 Å². The summed E-state index contributed by atoms with van der Waals surface area (Å²) in [6.45, 7) is 2.79. The van der Waals surface area contributed by atoms with Crippen molar-refractivity contribution in [2.24, 2.45) is 17.6 Å². The summed E-state index contributed by atoms with van der Waals surface area (Å²) in [6, 6.07) is 0. The van der Waals surface area contributed by atoms with Crippen molar-refractivity contribution in [3.63, 3.8) is 0 Å². The van der Waals surface area contributed by atoms with Gasteiger partial charge in [-0.05, 0) is 45.1 Å². The number of ketones is 1. The highest BCUT2D eigenvalue weighted by atomic mass is 16.4. The minimum Gasteiger partial charge on any atom is -0.481 e. The van der Waals surface area contributed by atoms with E-state index in [1.807, 2.05) is 0 Å². The molecule has 8 nitrogen and oxygen atoms in total. The van der Waals surface area contributed by atoms with Crippen LogP contribution >= 0.6 is 0 Å². The molecule has 5 N–H and O–H groups in total. The molecular weight excluding hydrogens is 484 g/mol. The van der Waals surface area contributed by atoms with Crippen molar-refractivity contribution >= 4 is 23.6 Å². The number of Topliss-reactive ketones (excluding diaryl/α,β-unsaturated/α-hetero) is 1. The predicted molar refractivity (Wildman–Crippen MR) is 152 cm³/mol. The van der Waals surface area contributed by atoms with Crippen LogP contribution < -0.4 is 11.1 Å². The fraction of sp³-hybridized carbons (Fsp3) is 0.867. The van der Waals surface area contributed by atoms with Gasteiger partial charge in [-0.2, -0.15) is 0 Å². The Morgan fingerprint density at radius 2 is 1.16 bits per heavy atom. The van der Waals surface area contributed by atoms with Crippen LogP contribution in [0.4, 0.5) is 0 Å². The molecule has 0 aromatic heterocycles. The molecule has 0 aliphatic rings. The Balaban J connectivity index is 3.92. The zero-order valence-electron chi connectivity index (χ0n) is 24.0. The number of hydrogen-bond donors (Lipinski definition) is 4. The number of nitrogens with two attached hydrogens (primary N) is 1. The Morgan fingerprint density at radius 3 is 1.66 bits per heavy atom. The normalized spacial score (nSPS) is 12.7. The Bertz CT molecular complexity index is 640. The number of rotatable bonds is 28. The minimum absolute atomic E-state index is 0.0677. The predicted octanol–water partition coefficient (Wildman–Crippen LogP) is 6.24. The summed E-state index contributed by atoms with van der Waals surface area (Å²) in [5.41, 5.74) is 5.60. The molecular formula is C30H56N2O6. The van der Waals surface area contributed by atoms with E-state index >= 15 is 0 Å². The number of carbonyl (C=O) groups is 4. The number of hydrogen-bond acceptors (Lipinski definition) is 5. The maximum Gasteiger partial charge on any atom is 0.306 e. The lowest BCUT2D eigenvalue weighted by Crippen LogP contribution is -2.33. The molecule has 0 aromatic carbocycles. The third kappa shape index (κ3) is 23.2. The van der Waals surface area contributed by atoms with Gasteiger partial charge < -0.3 is 21.3 Å². The van der Waals surface area contributed by atoms with E-state index in [1.54, 1.807) is 6.92 Å². The number of unbranched alkanes of at least 4 members (excludes halogenated alkanes) is 13. The minimum atomic E-state index is -0.790. The van der Waals surface area contributed by atoms with E-state index < -0.39 is 11.9 Å². The molecule has 0 saturated heterocycles. The summed E-state index contributed by atoms with van der Waals surface area (Å²) in [7, 11) is 0. The molecule has 0 rings (SSSR count). The molecule has 0 saturated carbocycles. The molecule has 0 aromatic rings. The first kappa shape index (κ1) is 36.0. The summed E-state index contributed by atoms with van der Waals surface area (Å²) in [6.07, 6.45) is 18.9. The fourth-order valence-electron chi connectivity index (χ4n) is 4.66. The maximum atomic E-state index is 12.7. The highest BCUT2D eigenvalue weighted by Gasteiger charge is 2.21. The molecule has 0 bridgehead atoms. The van der Waals surface area contributed by atoms with Crippen LogP contribution in [-0.2, 0) is 19.2 Å². The first-order valence-electron chi connectivity index (χ1n) is 15.2. The average Bonchev–Trinajstić information content (AvgIpc) is 2.87. The molecule has 1 amide bonds. The molecule has 0 radical (unpaired) electrons. The van der Waals surface area contributed by atoms with Crippen LogP contribution in [0.2, 0.25) is 0 Å². The second kappa shape index (κ2) is 25.3. The molecule has 0 aliphatic carbocycles. The monoisotopic (exact) mass is 540 g/mol. The maximum absolute atomic E-state index is 12.7. The second-order valence-electron chi connectivity index (χ2n) is 10.9. The smallest absolute Gasteiger partial charge is 0.306 e. The van der Waals surface area contributed by atoms with Crippen molar-refractivity contribution < 1.29 is 29.4 Å². The lowest BCUT2D eigenvalue weighted by atomic mass is 9.93. The third-order valence-corrected chi connectivity index (χ3v) is 7.23. The van der Waals surface area contributed by atoms with Gasteiger partial charge >= 0.3 is 11.9 Å². The first-order chi connectivity index (χ1) is 18.3. The van der Waals surface area contributed by atoms with Gasteiger partial charge in [-0.3, -0.25) is 19.2 Å². The van der Waals surface area contributed by atoms with Crippen molar-refractivity contribution in [2.75, 3.05) is 13.1 Å². The standard InChI is InChI=1S/C30H56N2O6/c1-25(30(37)38)18-15-17-23-32-29(36)26(19-14-16-22-31)24-27(33)20-12-10-8-6-4-2-3-5-7-9-11-13-21-28(34)35/h25-26H,2-24,31H2,1H3,(H,32,36)(H,34,35)(H,37,38)/t25-,26+/m0/s1. The van der Waals surface area contributed by atoms with Gasteiger partial charge in [0.2, 0.25) is 5.91 Å². The molecule has 222 valence electrons. The first-order valence-corrected chi connectivity index (χ1v) is 15.2. The second-order valence-corrected chi connectivity index (χ2v) is 10.9. The summed E-state index contributed by atoms with van der Waals surface area (Å²) in [5.74, 6) is -2.06. The van der Waals surface area contributed by atoms with Crippen LogP contribution in [0, 0.1) is 11.8 Å². The van der Waals surface area contributed by atoms with Gasteiger partial charge in [0.15, 0.2) is 0 Å². The number of amides is 1. The Hall–Kier alpha value is -1.96. The van der Waals surface area contributed by atoms with Gasteiger partial charge in [-0.1, -0.05) is 84.0 Å². The number of aliphatic carboxylic acids is 2. The lowest BCUT2D eigenvalue weighted by Gasteiger charge is -2.16. The quantitative estimate of drug-likeness (QED) is 0.0858. The van der Waals surface area contributed by atoms with Crippen LogP contribution in [0.15, 0.2) is 0 Å². The summed E-state index contributed by atoms with van der Waals surface area (Å²) < 4.78 is 0. The fourth-order valence-corrected chi connectivity index (χ4v) is 4.66. The number of carboxylic acids is 2. The van der Waals surface area contributed by atoms with Gasteiger partial charge in [0.1, 0.15) is 5.78 Å². The van der Waals surface area contributed by atoms with Gasteiger partial charge in [0.25, 0.3) is 0 Å². The third-order valence-electron chi connectivity index (χ3n) is 7.23. The van der Waals surface area contributed by atoms with E-state index in [1.165, 1.54) is 38.5 Å². The molecule has 2 atom stereocenters. The Labute approximate surface area is 230 Å². The van der Waals surface area contributed by atoms with Gasteiger partial charge in [-0.15, -0.1) is 0 Å². The lowest BCUT2D eigenvalue weighted by molar-refractivity contribution is -0.141. The van der Waals surface area contributed by atoms with Gasteiger partial charge in [0, 0.05) is 31.7 Å². The summed E-state index contributed by atoms with van der Waals surface area (Å²) >= 11 is 0. The van der Waals surface area contributed by atoms with Crippen molar-refractivity contribution in [2.45, 2.75) is 142 Å². The molecule has 0 aliphatic heterocycles. The molecule has 0 fully saturated rings. The Morgan fingerprint density at radius 1 is 0.658 bits per heavy atom. The van der Waals surface area contributed by atoms with E-state index in [9.17, 15) is 19.2 Å². The average molecular weight is 541 g/mol. The molecule has 38 heavy (non-hydrogen) atoms. The molecule has 0 unspecified atom stereocenters. The Kier molecular flexibility index (Phi) is 24.0. The van der Waals surface area contributed by atoms with Crippen LogP contribution in [-0.4, -0.2) is 46.9 Å². The summed E-state index contributed by atoms with van der Waals surface area (Å²) in [5, 5.41) is 20.5. The summed E-state index contributed by atoms with van der Waals surface area (Å²) in [4.78, 5) is 46.6. The number of carbonyl (C=O) groups excluding carboxylic acids is 2.